The molecule has 104 valence electrons. The van der Waals surface area contributed by atoms with Crippen LogP contribution in [-0.4, -0.2) is 17.9 Å². The lowest BCUT2D eigenvalue weighted by Gasteiger charge is -2.06. The van der Waals surface area contributed by atoms with Crippen molar-refractivity contribution in [1.82, 2.24) is 10.5 Å². The third-order valence-corrected chi connectivity index (χ3v) is 3.15. The molecule has 0 bridgehead atoms. The fraction of sp³-hybridized carbons (Fsp3) is 0.286. The standard InChI is InChI=1S/C14H14N2O4/c1-8-13(9(2)20-16-8)14(17)15-6-10-3-4-11-12(5-10)19-7-18-11/h3-5H,6-7H2,1-2H3,(H,15,17). The molecule has 1 aliphatic rings. The quantitative estimate of drug-likeness (QED) is 0.926. The fourth-order valence-electron chi connectivity index (χ4n) is 2.13. The highest BCUT2D eigenvalue weighted by atomic mass is 16.7. The van der Waals surface area contributed by atoms with Gasteiger partial charge in [-0.25, -0.2) is 0 Å². The molecule has 20 heavy (non-hydrogen) atoms. The molecule has 0 unspecified atom stereocenters. The Labute approximate surface area is 115 Å². The Morgan fingerprint density at radius 3 is 2.85 bits per heavy atom. The zero-order valence-corrected chi connectivity index (χ0v) is 11.2. The summed E-state index contributed by atoms with van der Waals surface area (Å²) in [5, 5.41) is 6.61. The van der Waals surface area contributed by atoms with Crippen molar-refractivity contribution in [3.8, 4) is 11.5 Å². The first-order valence-corrected chi connectivity index (χ1v) is 6.25. The number of carbonyl (C=O) groups excluding carboxylic acids is 1. The SMILES string of the molecule is Cc1noc(C)c1C(=O)NCc1ccc2c(c1)OCO2. The summed E-state index contributed by atoms with van der Waals surface area (Å²) in [4.78, 5) is 12.1. The predicted octanol–water partition coefficient (Wildman–Crippen LogP) is 1.95. The van der Waals surface area contributed by atoms with Gasteiger partial charge in [0, 0.05) is 6.54 Å². The number of rotatable bonds is 3. The highest BCUT2D eigenvalue weighted by Crippen LogP contribution is 2.32. The first kappa shape index (κ1) is 12.5. The van der Waals surface area contributed by atoms with Gasteiger partial charge in [0.1, 0.15) is 11.3 Å². The maximum Gasteiger partial charge on any atom is 0.257 e. The van der Waals surface area contributed by atoms with Gasteiger partial charge < -0.3 is 19.3 Å². The molecule has 1 amide bonds. The van der Waals surface area contributed by atoms with Crippen LogP contribution >= 0.6 is 0 Å². The Morgan fingerprint density at radius 1 is 1.30 bits per heavy atom. The summed E-state index contributed by atoms with van der Waals surface area (Å²) in [7, 11) is 0. The van der Waals surface area contributed by atoms with Crippen LogP contribution in [0.1, 0.15) is 27.4 Å². The van der Waals surface area contributed by atoms with Crippen molar-refractivity contribution in [2.24, 2.45) is 0 Å². The third kappa shape index (κ3) is 2.20. The normalized spacial score (nSPS) is 12.5. The lowest BCUT2D eigenvalue weighted by molar-refractivity contribution is 0.0949. The van der Waals surface area contributed by atoms with E-state index >= 15 is 0 Å². The van der Waals surface area contributed by atoms with E-state index in [1.807, 2.05) is 18.2 Å². The molecule has 0 aliphatic carbocycles. The maximum atomic E-state index is 12.1. The van der Waals surface area contributed by atoms with Crippen molar-refractivity contribution in [2.75, 3.05) is 6.79 Å². The minimum Gasteiger partial charge on any atom is -0.454 e. The van der Waals surface area contributed by atoms with E-state index < -0.39 is 0 Å². The number of aromatic nitrogens is 1. The molecule has 1 N–H and O–H groups in total. The van der Waals surface area contributed by atoms with Crippen LogP contribution in [0.15, 0.2) is 22.7 Å². The van der Waals surface area contributed by atoms with Crippen LogP contribution in [0.2, 0.25) is 0 Å². The van der Waals surface area contributed by atoms with Crippen LogP contribution in [0.3, 0.4) is 0 Å². The van der Waals surface area contributed by atoms with Crippen LogP contribution in [0.4, 0.5) is 0 Å². The summed E-state index contributed by atoms with van der Waals surface area (Å²) in [5.74, 6) is 1.75. The Morgan fingerprint density at radius 2 is 2.10 bits per heavy atom. The molecule has 0 spiro atoms. The van der Waals surface area contributed by atoms with E-state index in [4.69, 9.17) is 14.0 Å². The molecule has 1 aromatic heterocycles. The molecule has 6 heteroatoms. The van der Waals surface area contributed by atoms with Gasteiger partial charge in [-0.15, -0.1) is 0 Å². The summed E-state index contributed by atoms with van der Waals surface area (Å²) >= 11 is 0. The monoisotopic (exact) mass is 274 g/mol. The minimum atomic E-state index is -0.195. The maximum absolute atomic E-state index is 12.1. The number of ether oxygens (including phenoxy) is 2. The second kappa shape index (κ2) is 4.88. The summed E-state index contributed by atoms with van der Waals surface area (Å²) in [6.45, 7) is 4.10. The van der Waals surface area contributed by atoms with Crippen molar-refractivity contribution in [1.29, 1.82) is 0 Å². The Kier molecular flexibility index (Phi) is 3.06. The van der Waals surface area contributed by atoms with Crippen molar-refractivity contribution in [3.63, 3.8) is 0 Å². The number of nitrogens with one attached hydrogen (secondary N) is 1. The van der Waals surface area contributed by atoms with Gasteiger partial charge in [-0.1, -0.05) is 11.2 Å². The van der Waals surface area contributed by atoms with Gasteiger partial charge in [0.05, 0.1) is 5.69 Å². The van der Waals surface area contributed by atoms with Crippen molar-refractivity contribution in [2.45, 2.75) is 20.4 Å². The van der Waals surface area contributed by atoms with Crippen molar-refractivity contribution >= 4 is 5.91 Å². The highest BCUT2D eigenvalue weighted by molar-refractivity contribution is 5.96. The van der Waals surface area contributed by atoms with Gasteiger partial charge in [0.2, 0.25) is 6.79 Å². The fourth-order valence-corrected chi connectivity index (χ4v) is 2.13. The van der Waals surface area contributed by atoms with Crippen LogP contribution < -0.4 is 14.8 Å². The second-order valence-electron chi connectivity index (χ2n) is 4.57. The molecule has 1 aliphatic heterocycles. The second-order valence-corrected chi connectivity index (χ2v) is 4.57. The first-order chi connectivity index (χ1) is 9.65. The van der Waals surface area contributed by atoms with Gasteiger partial charge in [-0.05, 0) is 31.5 Å². The Bertz CT molecular complexity index is 644. The minimum absolute atomic E-state index is 0.195. The third-order valence-electron chi connectivity index (χ3n) is 3.15. The number of amides is 1. The predicted molar refractivity (Wildman–Crippen MR) is 69.7 cm³/mol. The van der Waals surface area contributed by atoms with E-state index in [1.54, 1.807) is 13.8 Å². The largest absolute Gasteiger partial charge is 0.454 e. The number of carbonyl (C=O) groups is 1. The highest BCUT2D eigenvalue weighted by Gasteiger charge is 2.18. The molecular weight excluding hydrogens is 260 g/mol. The van der Waals surface area contributed by atoms with E-state index in [2.05, 4.69) is 10.5 Å². The average Bonchev–Trinajstić information content (AvgIpc) is 3.02. The van der Waals surface area contributed by atoms with Crippen LogP contribution in [0.25, 0.3) is 0 Å². The molecular formula is C14H14N2O4. The Hall–Kier alpha value is -2.50. The average molecular weight is 274 g/mol. The Balaban J connectivity index is 1.69. The number of hydrogen-bond donors (Lipinski definition) is 1. The van der Waals surface area contributed by atoms with Gasteiger partial charge in [0.25, 0.3) is 5.91 Å². The van der Waals surface area contributed by atoms with Crippen LogP contribution in [0, 0.1) is 13.8 Å². The summed E-state index contributed by atoms with van der Waals surface area (Å²) in [6, 6.07) is 5.58. The molecule has 0 saturated heterocycles. The van der Waals surface area contributed by atoms with Gasteiger partial charge in [-0.3, -0.25) is 4.79 Å². The number of hydrogen-bond acceptors (Lipinski definition) is 5. The smallest absolute Gasteiger partial charge is 0.257 e. The molecule has 0 fully saturated rings. The molecule has 2 heterocycles. The number of fused-ring (bicyclic) bond motifs is 1. The lowest BCUT2D eigenvalue weighted by atomic mass is 10.1. The molecule has 0 radical (unpaired) electrons. The summed E-state index contributed by atoms with van der Waals surface area (Å²) < 4.78 is 15.5. The number of benzene rings is 1. The molecule has 1 aromatic carbocycles. The van der Waals surface area contributed by atoms with Gasteiger partial charge >= 0.3 is 0 Å². The summed E-state index contributed by atoms with van der Waals surface area (Å²) in [5.41, 5.74) is 2.02. The molecule has 0 atom stereocenters. The molecule has 0 saturated carbocycles. The molecule has 2 aromatic rings. The van der Waals surface area contributed by atoms with E-state index in [0.29, 0.717) is 29.3 Å². The van der Waals surface area contributed by atoms with Crippen LogP contribution in [0.5, 0.6) is 11.5 Å². The van der Waals surface area contributed by atoms with Crippen molar-refractivity contribution in [3.05, 3.63) is 40.8 Å². The molecule has 3 rings (SSSR count). The summed E-state index contributed by atoms with van der Waals surface area (Å²) in [6.07, 6.45) is 0. The topological polar surface area (TPSA) is 73.6 Å². The van der Waals surface area contributed by atoms with E-state index in [0.717, 1.165) is 11.3 Å². The van der Waals surface area contributed by atoms with E-state index in [9.17, 15) is 4.79 Å². The van der Waals surface area contributed by atoms with Gasteiger partial charge in [0.15, 0.2) is 11.5 Å². The zero-order chi connectivity index (χ0) is 14.1. The number of aryl methyl sites for hydroxylation is 2. The first-order valence-electron chi connectivity index (χ1n) is 6.25. The van der Waals surface area contributed by atoms with E-state index in [-0.39, 0.29) is 12.7 Å². The van der Waals surface area contributed by atoms with Crippen LogP contribution in [-0.2, 0) is 6.54 Å². The zero-order valence-electron chi connectivity index (χ0n) is 11.2. The van der Waals surface area contributed by atoms with Gasteiger partial charge in [-0.2, -0.15) is 0 Å². The number of nitrogens with zero attached hydrogens (tertiary/aromatic N) is 1. The van der Waals surface area contributed by atoms with Crippen molar-refractivity contribution < 1.29 is 18.8 Å². The van der Waals surface area contributed by atoms with E-state index in [1.165, 1.54) is 0 Å². The lowest BCUT2D eigenvalue weighted by Crippen LogP contribution is -2.23. The molecule has 6 nitrogen and oxygen atoms in total.